The molecule has 0 aliphatic carbocycles. The van der Waals surface area contributed by atoms with Gasteiger partial charge in [0.25, 0.3) is 0 Å². The zero-order chi connectivity index (χ0) is 18.0. The number of likely N-dealkylation sites (N-methyl/N-ethyl adjacent to an activating group) is 1. The number of carbonyl (C=O) groups excluding carboxylic acids is 1. The van der Waals surface area contributed by atoms with E-state index in [1.165, 1.54) is 4.90 Å². The second kappa shape index (κ2) is 15.7. The first-order chi connectivity index (χ1) is 11.3. The van der Waals surface area contributed by atoms with Gasteiger partial charge in [-0.1, -0.05) is 62.9 Å². The largest absolute Gasteiger partial charge is 1.00 e. The van der Waals surface area contributed by atoms with Crippen LogP contribution >= 0.6 is 7.82 Å². The number of unbranched alkanes of at least 4 members (excludes halogenated alkanes) is 4. The van der Waals surface area contributed by atoms with E-state index in [0.717, 1.165) is 37.7 Å². The average Bonchev–Trinajstić information content (AvgIpc) is 2.54. The second-order valence-electron chi connectivity index (χ2n) is 5.84. The number of carbonyl (C=O) groups is 1. The fraction of sp³-hybridized carbons (Fsp3) is 0.588. The number of nitrogens with zero attached hydrogens (tertiary/aromatic N) is 1. The van der Waals surface area contributed by atoms with Gasteiger partial charge < -0.3 is 23.8 Å². The van der Waals surface area contributed by atoms with E-state index in [1.54, 1.807) is 31.3 Å². The average molecular weight is 401 g/mol. The molecule has 0 bridgehead atoms. The van der Waals surface area contributed by atoms with Gasteiger partial charge >= 0.3 is 59.1 Å². The molecule has 1 rings (SSSR count). The molecule has 136 valence electrons. The summed E-state index contributed by atoms with van der Waals surface area (Å²) in [5, 5.41) is 0. The topological polar surface area (TPSA) is 92.7 Å². The van der Waals surface area contributed by atoms with Crippen molar-refractivity contribution in [1.82, 2.24) is 4.90 Å². The Labute approximate surface area is 200 Å². The number of benzene rings is 1. The number of phosphoric acid groups is 1. The van der Waals surface area contributed by atoms with Crippen LogP contribution in [0.3, 0.4) is 0 Å². The van der Waals surface area contributed by atoms with E-state index >= 15 is 0 Å². The van der Waals surface area contributed by atoms with Crippen LogP contribution in [0, 0.1) is 0 Å². The van der Waals surface area contributed by atoms with Gasteiger partial charge in [-0.15, -0.1) is 0 Å². The Morgan fingerprint density at radius 2 is 1.69 bits per heavy atom. The molecule has 9 heteroatoms. The summed E-state index contributed by atoms with van der Waals surface area (Å²) in [4.78, 5) is 35.4. The van der Waals surface area contributed by atoms with Crippen LogP contribution in [0.25, 0.3) is 0 Å². The second-order valence-corrected chi connectivity index (χ2v) is 6.99. The minimum Gasteiger partial charge on any atom is -0.790 e. The van der Waals surface area contributed by atoms with Crippen LogP contribution in [0.15, 0.2) is 30.3 Å². The van der Waals surface area contributed by atoms with Crippen LogP contribution < -0.4 is 68.9 Å². The first-order valence-corrected chi connectivity index (χ1v) is 9.78. The molecule has 0 heterocycles. The Morgan fingerprint density at radius 3 is 2.23 bits per heavy atom. The summed E-state index contributed by atoms with van der Waals surface area (Å²) >= 11 is 0. The molecule has 0 radical (unpaired) electrons. The zero-order valence-electron chi connectivity index (χ0n) is 16.3. The molecule has 1 amide bonds. The zero-order valence-corrected chi connectivity index (χ0v) is 21.2. The third kappa shape index (κ3) is 12.3. The quantitative estimate of drug-likeness (QED) is 0.217. The van der Waals surface area contributed by atoms with E-state index in [0.29, 0.717) is 6.42 Å². The summed E-state index contributed by atoms with van der Waals surface area (Å²) in [6.07, 6.45) is 5.60. The number of rotatable bonds is 11. The SMILES string of the molecule is CCCCCCCC(=O)N(C)[C@H](COP(=O)([O-])[O-])c1ccccc1.[Na+].[Na+]. The first kappa shape index (κ1) is 29.0. The summed E-state index contributed by atoms with van der Waals surface area (Å²) in [5.74, 6) is -0.0874. The molecule has 0 aliphatic heterocycles. The molecule has 0 saturated heterocycles. The van der Waals surface area contributed by atoms with Crippen molar-refractivity contribution in [3.05, 3.63) is 35.9 Å². The Balaban J connectivity index is 0. The molecule has 0 unspecified atom stereocenters. The van der Waals surface area contributed by atoms with Gasteiger partial charge in [0.05, 0.1) is 20.5 Å². The van der Waals surface area contributed by atoms with Gasteiger partial charge in [-0.25, -0.2) is 0 Å². The Bertz CT molecular complexity index is 541. The van der Waals surface area contributed by atoms with E-state index in [-0.39, 0.29) is 71.6 Å². The number of phosphoric ester groups is 1. The Morgan fingerprint density at radius 1 is 1.12 bits per heavy atom. The summed E-state index contributed by atoms with van der Waals surface area (Å²) in [6.45, 7) is 1.76. The third-order valence-electron chi connectivity index (χ3n) is 3.93. The van der Waals surface area contributed by atoms with Gasteiger partial charge in [0.15, 0.2) is 0 Å². The summed E-state index contributed by atoms with van der Waals surface area (Å²) in [5.41, 5.74) is 0.729. The van der Waals surface area contributed by atoms with Crippen molar-refractivity contribution in [3.63, 3.8) is 0 Å². The van der Waals surface area contributed by atoms with E-state index in [4.69, 9.17) is 0 Å². The number of hydrogen-bond donors (Lipinski definition) is 0. The van der Waals surface area contributed by atoms with Gasteiger partial charge in [-0.05, 0) is 12.0 Å². The van der Waals surface area contributed by atoms with Crippen LogP contribution in [0.4, 0.5) is 0 Å². The molecule has 0 fully saturated rings. The molecular weight excluding hydrogens is 375 g/mol. The van der Waals surface area contributed by atoms with Crippen molar-refractivity contribution in [2.24, 2.45) is 0 Å². The first-order valence-electron chi connectivity index (χ1n) is 8.32. The van der Waals surface area contributed by atoms with Gasteiger partial charge in [-0.3, -0.25) is 4.79 Å². The molecule has 0 N–H and O–H groups in total. The molecule has 1 aromatic rings. The summed E-state index contributed by atoms with van der Waals surface area (Å²) < 4.78 is 15.2. The minimum atomic E-state index is -5.08. The monoisotopic (exact) mass is 401 g/mol. The molecule has 1 atom stereocenters. The van der Waals surface area contributed by atoms with Crippen molar-refractivity contribution in [2.75, 3.05) is 13.7 Å². The van der Waals surface area contributed by atoms with Crippen LogP contribution in [0.2, 0.25) is 0 Å². The van der Waals surface area contributed by atoms with Gasteiger partial charge in [-0.2, -0.15) is 0 Å². The smallest absolute Gasteiger partial charge is 0.790 e. The van der Waals surface area contributed by atoms with E-state index < -0.39 is 13.9 Å². The van der Waals surface area contributed by atoms with Crippen molar-refractivity contribution in [3.8, 4) is 0 Å². The maximum atomic E-state index is 12.4. The normalized spacial score (nSPS) is 11.8. The van der Waals surface area contributed by atoms with Crippen molar-refractivity contribution in [2.45, 2.75) is 51.5 Å². The molecule has 1 aromatic carbocycles. The van der Waals surface area contributed by atoms with Crippen LogP contribution in [-0.2, 0) is 13.9 Å². The van der Waals surface area contributed by atoms with E-state index in [9.17, 15) is 19.1 Å². The molecular formula is C17H26NNa2O5P. The summed E-state index contributed by atoms with van der Waals surface area (Å²) in [7, 11) is -3.47. The third-order valence-corrected chi connectivity index (χ3v) is 4.40. The van der Waals surface area contributed by atoms with Crippen molar-refractivity contribution in [1.29, 1.82) is 0 Å². The maximum Gasteiger partial charge on any atom is 1.00 e. The van der Waals surface area contributed by atoms with Crippen molar-refractivity contribution < 1.29 is 82.8 Å². The number of hydrogen-bond acceptors (Lipinski definition) is 5. The van der Waals surface area contributed by atoms with Gasteiger partial charge in [0, 0.05) is 13.5 Å². The fourth-order valence-electron chi connectivity index (χ4n) is 2.50. The van der Waals surface area contributed by atoms with Gasteiger partial charge in [0.2, 0.25) is 5.91 Å². The van der Waals surface area contributed by atoms with Crippen LogP contribution in [0.1, 0.15) is 57.1 Å². The van der Waals surface area contributed by atoms with Crippen molar-refractivity contribution >= 4 is 13.7 Å². The van der Waals surface area contributed by atoms with Crippen LogP contribution in [-0.4, -0.2) is 24.5 Å². The predicted molar refractivity (Wildman–Crippen MR) is 88.9 cm³/mol. The maximum absolute atomic E-state index is 12.4. The molecule has 26 heavy (non-hydrogen) atoms. The minimum absolute atomic E-state index is 0. The molecule has 0 aliphatic rings. The Hall–Kier alpha value is 0.800. The summed E-state index contributed by atoms with van der Waals surface area (Å²) in [6, 6.07) is 8.35. The standard InChI is InChI=1S/C17H28NO5P.2Na/c1-3-4-5-6-10-13-17(19)18(2)16(14-23-24(20,21)22)15-11-8-7-9-12-15;;/h7-9,11-12,16H,3-6,10,13-14H2,1-2H3,(H2,20,21,22);;/q;2*+1/p-2/t16-;;/m1../s1. The fourth-order valence-corrected chi connectivity index (χ4v) is 2.82. The van der Waals surface area contributed by atoms with E-state index in [2.05, 4.69) is 11.4 Å². The molecule has 0 spiro atoms. The van der Waals surface area contributed by atoms with Gasteiger partial charge in [0.1, 0.15) is 0 Å². The molecule has 0 aromatic heterocycles. The predicted octanol–water partition coefficient (Wildman–Crippen LogP) is -3.60. The van der Waals surface area contributed by atoms with E-state index in [1.807, 2.05) is 6.07 Å². The Kier molecular flexibility index (Phi) is 17.5. The number of amides is 1. The molecule has 0 saturated carbocycles. The molecule has 6 nitrogen and oxygen atoms in total. The van der Waals surface area contributed by atoms with Crippen LogP contribution in [0.5, 0.6) is 0 Å².